The number of rotatable bonds is 3. The van der Waals surface area contributed by atoms with Crippen LogP contribution in [0, 0.1) is 6.92 Å². The fourth-order valence-electron chi connectivity index (χ4n) is 3.80. The summed E-state index contributed by atoms with van der Waals surface area (Å²) in [6, 6.07) is 1.96. The molecule has 1 saturated carbocycles. The highest BCUT2D eigenvalue weighted by Crippen LogP contribution is 2.54. The first kappa shape index (κ1) is 14.7. The van der Waals surface area contributed by atoms with Crippen molar-refractivity contribution in [3.63, 3.8) is 0 Å². The molecule has 1 aliphatic heterocycles. The Labute approximate surface area is 144 Å². The summed E-state index contributed by atoms with van der Waals surface area (Å²) in [5.74, 6) is 2.27. The molecule has 0 radical (unpaired) electrons. The topological polar surface area (TPSA) is 44.4 Å². The van der Waals surface area contributed by atoms with Crippen LogP contribution in [-0.2, 0) is 6.54 Å². The molecule has 3 aromatic rings. The fraction of sp³-hybridized carbons (Fsp3) is 0.368. The second kappa shape index (κ2) is 5.18. The smallest absolute Gasteiger partial charge is 0.143 e. The molecule has 0 spiro atoms. The highest BCUT2D eigenvalue weighted by molar-refractivity contribution is 5.56. The fourth-order valence-corrected chi connectivity index (χ4v) is 3.80. The van der Waals surface area contributed by atoms with Crippen LogP contribution in [0.25, 0.3) is 11.7 Å². The van der Waals surface area contributed by atoms with Crippen LogP contribution in [0.3, 0.4) is 0 Å². The lowest BCUT2D eigenvalue weighted by atomic mass is 10.2. The second-order valence-electron chi connectivity index (χ2n) is 6.91. The van der Waals surface area contributed by atoms with Crippen molar-refractivity contribution in [2.75, 3.05) is 7.11 Å². The first-order chi connectivity index (χ1) is 12.1. The maximum atomic E-state index is 13.4. The van der Waals surface area contributed by atoms with Gasteiger partial charge in [0.1, 0.15) is 23.0 Å². The molecule has 2 unspecified atom stereocenters. The second-order valence-corrected chi connectivity index (χ2v) is 6.91. The van der Waals surface area contributed by atoms with Gasteiger partial charge in [0.25, 0.3) is 0 Å². The summed E-state index contributed by atoms with van der Waals surface area (Å²) < 4.78 is 22.9. The molecule has 0 saturated heterocycles. The van der Waals surface area contributed by atoms with Crippen molar-refractivity contribution < 1.29 is 9.13 Å². The molecule has 2 atom stereocenters. The van der Waals surface area contributed by atoms with Gasteiger partial charge < -0.3 is 13.7 Å². The number of pyridine rings is 1. The molecular formula is C19H19FN4O. The Hall–Kier alpha value is -2.63. The predicted octanol–water partition coefficient (Wildman–Crippen LogP) is 3.83. The minimum absolute atomic E-state index is 0.0817. The van der Waals surface area contributed by atoms with E-state index in [1.807, 2.05) is 23.8 Å². The van der Waals surface area contributed by atoms with E-state index in [2.05, 4.69) is 21.8 Å². The van der Waals surface area contributed by atoms with E-state index in [-0.39, 0.29) is 5.83 Å². The van der Waals surface area contributed by atoms with E-state index in [9.17, 15) is 4.39 Å². The SMILES string of the molecule is COc1ccn2cc(C3CC3c3cn4c(n3)C=C(F)CC4)nc2c1C. The van der Waals surface area contributed by atoms with E-state index in [0.717, 1.165) is 40.6 Å². The largest absolute Gasteiger partial charge is 0.496 e. The number of hydrogen-bond acceptors (Lipinski definition) is 3. The summed E-state index contributed by atoms with van der Waals surface area (Å²) >= 11 is 0. The number of methoxy groups -OCH3 is 1. The monoisotopic (exact) mass is 338 g/mol. The lowest BCUT2D eigenvalue weighted by Gasteiger charge is -2.08. The van der Waals surface area contributed by atoms with Crippen molar-refractivity contribution in [3.8, 4) is 5.75 Å². The third-order valence-electron chi connectivity index (χ3n) is 5.32. The summed E-state index contributed by atoms with van der Waals surface area (Å²) in [5.41, 5.74) is 4.13. The van der Waals surface area contributed by atoms with Gasteiger partial charge in [0.2, 0.25) is 0 Å². The number of halogens is 1. The van der Waals surface area contributed by atoms with Crippen LogP contribution >= 0.6 is 0 Å². The standard InChI is InChI=1S/C19H19FN4O/c1-11-17(25-2)4-6-24-10-16(22-19(11)24)14-8-13(14)15-9-23-5-3-12(20)7-18(23)21-15/h4,6-7,9-10,13-14H,3,5,8H2,1-2H3. The number of nitrogens with zero attached hydrogens (tertiary/aromatic N) is 4. The molecule has 1 aliphatic carbocycles. The van der Waals surface area contributed by atoms with Crippen LogP contribution in [0.15, 0.2) is 30.5 Å². The van der Waals surface area contributed by atoms with Crippen LogP contribution in [0.1, 0.15) is 47.5 Å². The average molecular weight is 338 g/mol. The minimum atomic E-state index is -0.0817. The molecule has 25 heavy (non-hydrogen) atoms. The molecule has 128 valence electrons. The van der Waals surface area contributed by atoms with Gasteiger partial charge in [0, 0.05) is 55.0 Å². The Balaban J connectivity index is 1.45. The van der Waals surface area contributed by atoms with Gasteiger partial charge in [-0.15, -0.1) is 0 Å². The first-order valence-corrected chi connectivity index (χ1v) is 8.59. The Kier molecular flexibility index (Phi) is 3.04. The van der Waals surface area contributed by atoms with Gasteiger partial charge in [-0.05, 0) is 19.4 Å². The molecule has 3 aromatic heterocycles. The molecule has 0 N–H and O–H groups in total. The quantitative estimate of drug-likeness (QED) is 0.729. The third kappa shape index (κ3) is 2.27. The highest BCUT2D eigenvalue weighted by atomic mass is 19.1. The zero-order chi connectivity index (χ0) is 17.1. The summed E-state index contributed by atoms with van der Waals surface area (Å²) in [6.07, 6.45) is 9.21. The molecule has 4 heterocycles. The average Bonchev–Trinajstić information content (AvgIpc) is 3.10. The van der Waals surface area contributed by atoms with E-state index in [4.69, 9.17) is 9.72 Å². The molecule has 6 heteroatoms. The van der Waals surface area contributed by atoms with Crippen molar-refractivity contribution in [3.05, 3.63) is 53.3 Å². The van der Waals surface area contributed by atoms with E-state index >= 15 is 0 Å². The number of aromatic nitrogens is 4. The van der Waals surface area contributed by atoms with Crippen LogP contribution in [0.4, 0.5) is 4.39 Å². The van der Waals surface area contributed by atoms with Crippen molar-refractivity contribution in [2.45, 2.75) is 38.1 Å². The molecule has 2 aliphatic rings. The Morgan fingerprint density at radius 3 is 2.80 bits per heavy atom. The number of ether oxygens (including phenoxy) is 1. The van der Waals surface area contributed by atoms with E-state index in [1.165, 1.54) is 0 Å². The zero-order valence-corrected chi connectivity index (χ0v) is 14.2. The first-order valence-electron chi connectivity index (χ1n) is 8.59. The van der Waals surface area contributed by atoms with Crippen molar-refractivity contribution in [1.82, 2.24) is 18.9 Å². The Morgan fingerprint density at radius 1 is 1.20 bits per heavy atom. The van der Waals surface area contributed by atoms with Gasteiger partial charge in [-0.25, -0.2) is 14.4 Å². The molecule has 0 amide bonds. The number of aryl methyl sites for hydroxylation is 2. The van der Waals surface area contributed by atoms with Crippen molar-refractivity contribution in [1.29, 1.82) is 0 Å². The summed E-state index contributed by atoms with van der Waals surface area (Å²) in [5, 5.41) is 0. The van der Waals surface area contributed by atoms with E-state index < -0.39 is 0 Å². The van der Waals surface area contributed by atoms with Crippen LogP contribution in [0.5, 0.6) is 5.75 Å². The van der Waals surface area contributed by atoms with Gasteiger partial charge in [-0.2, -0.15) is 0 Å². The molecule has 5 nitrogen and oxygen atoms in total. The normalized spacial score (nSPS) is 22.0. The molecule has 5 rings (SSSR count). The number of fused-ring (bicyclic) bond motifs is 2. The lowest BCUT2D eigenvalue weighted by Crippen LogP contribution is -2.04. The number of hydrogen-bond donors (Lipinski definition) is 0. The molecule has 1 fully saturated rings. The van der Waals surface area contributed by atoms with Crippen molar-refractivity contribution >= 4 is 11.7 Å². The van der Waals surface area contributed by atoms with Gasteiger partial charge >= 0.3 is 0 Å². The number of imidazole rings is 2. The lowest BCUT2D eigenvalue weighted by molar-refractivity contribution is 0.411. The predicted molar refractivity (Wildman–Crippen MR) is 92.5 cm³/mol. The number of allylic oxidation sites excluding steroid dienone is 1. The van der Waals surface area contributed by atoms with Gasteiger partial charge in [-0.1, -0.05) is 0 Å². The summed E-state index contributed by atoms with van der Waals surface area (Å²) in [7, 11) is 1.68. The van der Waals surface area contributed by atoms with Gasteiger partial charge in [-0.3, -0.25) is 0 Å². The van der Waals surface area contributed by atoms with Crippen LogP contribution < -0.4 is 4.74 Å². The highest BCUT2D eigenvalue weighted by Gasteiger charge is 2.43. The van der Waals surface area contributed by atoms with Gasteiger partial charge in [0.05, 0.1) is 18.5 Å². The van der Waals surface area contributed by atoms with Gasteiger partial charge in [0.15, 0.2) is 0 Å². The van der Waals surface area contributed by atoms with E-state index in [0.29, 0.717) is 24.8 Å². The minimum Gasteiger partial charge on any atom is -0.496 e. The van der Waals surface area contributed by atoms with Crippen LogP contribution in [-0.4, -0.2) is 26.0 Å². The zero-order valence-electron chi connectivity index (χ0n) is 14.2. The molecular weight excluding hydrogens is 319 g/mol. The van der Waals surface area contributed by atoms with Crippen LogP contribution in [0.2, 0.25) is 0 Å². The molecule has 0 bridgehead atoms. The Bertz CT molecular complexity index is 1020. The summed E-state index contributed by atoms with van der Waals surface area (Å²) in [4.78, 5) is 9.46. The maximum absolute atomic E-state index is 13.4. The third-order valence-corrected chi connectivity index (χ3v) is 5.32. The maximum Gasteiger partial charge on any atom is 0.143 e. The summed E-state index contributed by atoms with van der Waals surface area (Å²) in [6.45, 7) is 2.70. The Morgan fingerprint density at radius 2 is 2.00 bits per heavy atom. The van der Waals surface area contributed by atoms with E-state index in [1.54, 1.807) is 13.2 Å². The molecule has 0 aromatic carbocycles. The van der Waals surface area contributed by atoms with Crippen molar-refractivity contribution in [2.24, 2.45) is 0 Å².